The summed E-state index contributed by atoms with van der Waals surface area (Å²) < 4.78 is 5.61. The second-order valence-electron chi connectivity index (χ2n) is 9.57. The Kier molecular flexibility index (Phi) is 6.01. The van der Waals surface area contributed by atoms with Crippen molar-refractivity contribution in [3.63, 3.8) is 0 Å². The van der Waals surface area contributed by atoms with Crippen molar-refractivity contribution in [2.45, 2.75) is 26.2 Å². The number of hydrogen-bond donors (Lipinski definition) is 0. The number of fused-ring (bicyclic) bond motifs is 1. The van der Waals surface area contributed by atoms with Gasteiger partial charge >= 0.3 is 0 Å². The van der Waals surface area contributed by atoms with E-state index in [1.165, 1.54) is 19.3 Å². The lowest BCUT2D eigenvalue weighted by Gasteiger charge is -2.36. The van der Waals surface area contributed by atoms with Gasteiger partial charge in [0.15, 0.2) is 5.76 Å². The summed E-state index contributed by atoms with van der Waals surface area (Å²) in [5.41, 5.74) is 2.35. The van der Waals surface area contributed by atoms with E-state index in [2.05, 4.69) is 21.0 Å². The summed E-state index contributed by atoms with van der Waals surface area (Å²) >= 11 is 0. The number of piperazine rings is 1. The van der Waals surface area contributed by atoms with Crippen LogP contribution in [0, 0.1) is 6.92 Å². The third kappa shape index (κ3) is 4.39. The number of anilines is 2. The quantitative estimate of drug-likeness (QED) is 0.422. The molecule has 2 aromatic carbocycles. The third-order valence-electron chi connectivity index (χ3n) is 7.14. The van der Waals surface area contributed by atoms with Gasteiger partial charge in [0.1, 0.15) is 23.0 Å². The zero-order valence-electron chi connectivity index (χ0n) is 20.6. The predicted octanol–water partition coefficient (Wildman–Crippen LogP) is 4.55. The maximum Gasteiger partial charge on any atom is 0.254 e. The van der Waals surface area contributed by atoms with Crippen LogP contribution in [0.4, 0.5) is 11.6 Å². The monoisotopic (exact) mass is 482 g/mol. The Bertz CT molecular complexity index is 1370. The number of rotatable bonds is 4. The van der Waals surface area contributed by atoms with Gasteiger partial charge in [0, 0.05) is 56.5 Å². The number of benzene rings is 2. The number of aromatic nitrogens is 3. The average Bonchev–Trinajstić information content (AvgIpc) is 3.37. The smallest absolute Gasteiger partial charge is 0.254 e. The van der Waals surface area contributed by atoms with Crippen molar-refractivity contribution in [3.8, 4) is 11.3 Å². The van der Waals surface area contributed by atoms with Gasteiger partial charge in [-0.15, -0.1) is 0 Å². The Morgan fingerprint density at radius 2 is 1.50 bits per heavy atom. The fourth-order valence-electron chi connectivity index (χ4n) is 5.18. The fraction of sp³-hybridized carbons (Fsp3) is 0.357. The summed E-state index contributed by atoms with van der Waals surface area (Å²) in [5, 5.41) is 5.03. The molecule has 8 heteroatoms. The van der Waals surface area contributed by atoms with Gasteiger partial charge < -0.3 is 19.2 Å². The molecule has 36 heavy (non-hydrogen) atoms. The fourth-order valence-corrected chi connectivity index (χ4v) is 5.18. The topological polar surface area (TPSA) is 78.6 Å². The van der Waals surface area contributed by atoms with E-state index in [-0.39, 0.29) is 5.91 Å². The van der Waals surface area contributed by atoms with Gasteiger partial charge in [0.05, 0.1) is 5.39 Å². The van der Waals surface area contributed by atoms with E-state index in [0.717, 1.165) is 60.1 Å². The highest BCUT2D eigenvalue weighted by Gasteiger charge is 2.25. The van der Waals surface area contributed by atoms with Crippen molar-refractivity contribution >= 4 is 28.4 Å². The molecule has 0 radical (unpaired) electrons. The lowest BCUT2D eigenvalue weighted by atomic mass is 10.1. The molecule has 1 amide bonds. The Morgan fingerprint density at radius 1 is 0.806 bits per heavy atom. The minimum absolute atomic E-state index is 0.0321. The maximum absolute atomic E-state index is 13.4. The molecule has 6 rings (SSSR count). The molecule has 2 fully saturated rings. The molecule has 4 heterocycles. The molecule has 2 saturated heterocycles. The van der Waals surface area contributed by atoms with Crippen LogP contribution < -0.4 is 9.80 Å². The molecule has 184 valence electrons. The Labute approximate surface area is 210 Å². The molecule has 0 N–H and O–H groups in total. The molecule has 0 spiro atoms. The van der Waals surface area contributed by atoms with Gasteiger partial charge in [0.25, 0.3) is 5.91 Å². The van der Waals surface area contributed by atoms with Crippen molar-refractivity contribution in [3.05, 3.63) is 66.0 Å². The molecule has 8 nitrogen and oxygen atoms in total. The van der Waals surface area contributed by atoms with Crippen LogP contribution in [0.25, 0.3) is 22.2 Å². The number of piperidine rings is 1. The van der Waals surface area contributed by atoms with Gasteiger partial charge in [-0.1, -0.05) is 35.5 Å². The molecule has 2 aliphatic heterocycles. The van der Waals surface area contributed by atoms with Crippen LogP contribution >= 0.6 is 0 Å². The van der Waals surface area contributed by atoms with E-state index in [9.17, 15) is 4.79 Å². The number of carbonyl (C=O) groups is 1. The molecule has 0 bridgehead atoms. The van der Waals surface area contributed by atoms with Crippen LogP contribution in [0.5, 0.6) is 0 Å². The van der Waals surface area contributed by atoms with Gasteiger partial charge in [-0.2, -0.15) is 0 Å². The van der Waals surface area contributed by atoms with Gasteiger partial charge in [-0.3, -0.25) is 4.79 Å². The molecule has 4 aromatic rings. The van der Waals surface area contributed by atoms with Crippen molar-refractivity contribution in [2.75, 3.05) is 49.1 Å². The minimum atomic E-state index is 0.0321. The van der Waals surface area contributed by atoms with Gasteiger partial charge in [-0.05, 0) is 44.4 Å². The average molecular weight is 483 g/mol. The highest BCUT2D eigenvalue weighted by Crippen LogP contribution is 2.30. The standard InChI is InChI=1S/C28H30N6O2/c1-20-29-25(32-12-6-3-7-13-32)19-26(30-20)33-14-16-34(17-15-33)28(35)22-10-11-24-23(18-22)27(36-31-24)21-8-4-2-5-9-21/h2,4-5,8-11,18-19H,3,6-7,12-17H2,1H3. The van der Waals surface area contributed by atoms with Crippen LogP contribution in [0.2, 0.25) is 0 Å². The number of carbonyl (C=O) groups excluding carboxylic acids is 1. The van der Waals surface area contributed by atoms with Crippen molar-refractivity contribution in [2.24, 2.45) is 0 Å². The lowest BCUT2D eigenvalue weighted by molar-refractivity contribution is 0.0746. The van der Waals surface area contributed by atoms with E-state index in [1.807, 2.05) is 60.4 Å². The second-order valence-corrected chi connectivity index (χ2v) is 9.57. The maximum atomic E-state index is 13.4. The molecule has 0 unspecified atom stereocenters. The minimum Gasteiger partial charge on any atom is -0.356 e. The van der Waals surface area contributed by atoms with E-state index in [4.69, 9.17) is 14.5 Å². The summed E-state index contributed by atoms with van der Waals surface area (Å²) in [7, 11) is 0. The van der Waals surface area contributed by atoms with Crippen LogP contribution in [-0.2, 0) is 0 Å². The van der Waals surface area contributed by atoms with E-state index in [0.29, 0.717) is 24.4 Å². The number of amides is 1. The first-order chi connectivity index (χ1) is 17.7. The molecule has 0 saturated carbocycles. The molecule has 2 aliphatic rings. The predicted molar refractivity (Wildman–Crippen MR) is 140 cm³/mol. The van der Waals surface area contributed by atoms with Crippen LogP contribution in [0.1, 0.15) is 35.4 Å². The SMILES string of the molecule is Cc1nc(N2CCCCC2)cc(N2CCN(C(=O)c3ccc4noc(-c5ccccc5)c4c3)CC2)n1. The second kappa shape index (κ2) is 9.60. The first kappa shape index (κ1) is 22.5. The van der Waals surface area contributed by atoms with Crippen LogP contribution in [0.3, 0.4) is 0 Å². The molecular formula is C28H30N6O2. The van der Waals surface area contributed by atoms with Gasteiger partial charge in [-0.25, -0.2) is 9.97 Å². The molecular weight excluding hydrogens is 452 g/mol. The largest absolute Gasteiger partial charge is 0.356 e. The van der Waals surface area contributed by atoms with Crippen LogP contribution in [-0.4, -0.2) is 65.2 Å². The van der Waals surface area contributed by atoms with Gasteiger partial charge in [0.2, 0.25) is 0 Å². The number of aryl methyl sites for hydroxylation is 1. The van der Waals surface area contributed by atoms with Crippen molar-refractivity contribution in [1.29, 1.82) is 0 Å². The first-order valence-corrected chi connectivity index (χ1v) is 12.8. The van der Waals surface area contributed by atoms with Crippen LogP contribution in [0.15, 0.2) is 59.1 Å². The van der Waals surface area contributed by atoms with E-state index >= 15 is 0 Å². The molecule has 2 aromatic heterocycles. The van der Waals surface area contributed by atoms with E-state index < -0.39 is 0 Å². The normalized spacial score (nSPS) is 16.5. The summed E-state index contributed by atoms with van der Waals surface area (Å²) in [4.78, 5) is 29.4. The lowest BCUT2D eigenvalue weighted by Crippen LogP contribution is -2.49. The Balaban J connectivity index is 1.17. The summed E-state index contributed by atoms with van der Waals surface area (Å²) in [5.74, 6) is 3.49. The highest BCUT2D eigenvalue weighted by molar-refractivity contribution is 6.01. The van der Waals surface area contributed by atoms with Crippen molar-refractivity contribution < 1.29 is 9.32 Å². The third-order valence-corrected chi connectivity index (χ3v) is 7.14. The Morgan fingerprint density at radius 3 is 2.22 bits per heavy atom. The highest BCUT2D eigenvalue weighted by atomic mass is 16.5. The molecule has 0 aliphatic carbocycles. The Hall–Kier alpha value is -3.94. The van der Waals surface area contributed by atoms with Crippen molar-refractivity contribution in [1.82, 2.24) is 20.0 Å². The van der Waals surface area contributed by atoms with E-state index in [1.54, 1.807) is 0 Å². The summed E-state index contributed by atoms with van der Waals surface area (Å²) in [6.07, 6.45) is 3.72. The number of hydrogen-bond acceptors (Lipinski definition) is 7. The summed E-state index contributed by atoms with van der Waals surface area (Å²) in [6, 6.07) is 17.6. The zero-order chi connectivity index (χ0) is 24.5. The first-order valence-electron chi connectivity index (χ1n) is 12.8. The number of nitrogens with zero attached hydrogens (tertiary/aromatic N) is 6. The zero-order valence-corrected chi connectivity index (χ0v) is 20.6. The summed E-state index contributed by atoms with van der Waals surface area (Å²) in [6.45, 7) is 6.85. The molecule has 0 atom stereocenters.